The Bertz CT molecular complexity index is 1850. The van der Waals surface area contributed by atoms with Gasteiger partial charge in [0.1, 0.15) is 23.3 Å². The highest BCUT2D eigenvalue weighted by molar-refractivity contribution is 6.03. The molecule has 0 spiro atoms. The lowest BCUT2D eigenvalue weighted by Gasteiger charge is -2.37. The molecule has 0 fully saturated rings. The van der Waals surface area contributed by atoms with Crippen molar-refractivity contribution in [3.63, 3.8) is 0 Å². The summed E-state index contributed by atoms with van der Waals surface area (Å²) in [7, 11) is 0. The number of amides is 2. The van der Waals surface area contributed by atoms with Crippen LogP contribution in [0.5, 0.6) is 0 Å². The minimum absolute atomic E-state index is 0.0877. The number of unbranched alkanes of at least 4 members (excludes halogenated alkanes) is 1. The number of carbonyl (C=O) groups is 4. The summed E-state index contributed by atoms with van der Waals surface area (Å²) in [5.41, 5.74) is 8.83. The number of rotatable bonds is 17. The van der Waals surface area contributed by atoms with Gasteiger partial charge in [-0.3, -0.25) is 14.9 Å². The molecule has 4 rings (SSSR count). The SMILES string of the molecule is Cc1cccc(C(NCCCC[C@H](NC(=O)[C@H](Cc2ccccc2)NC(=O)C(N)C(=O)OC(C)(C)C)C(=O)OC(C)(C)C)(c2ccccc2)c2ccccc2)c1. The molecule has 3 atom stereocenters. The number of hydrogen-bond donors (Lipinski definition) is 4. The molecule has 0 radical (unpaired) electrons. The zero-order valence-corrected chi connectivity index (χ0v) is 33.8. The Balaban J connectivity index is 1.54. The van der Waals surface area contributed by atoms with E-state index in [9.17, 15) is 19.2 Å². The second-order valence-electron chi connectivity index (χ2n) is 16.1. The third-order valence-electron chi connectivity index (χ3n) is 9.04. The third kappa shape index (κ3) is 12.6. The molecule has 4 aromatic carbocycles. The molecule has 0 aromatic heterocycles. The number of nitrogens with two attached hydrogens (primary N) is 1. The second-order valence-corrected chi connectivity index (χ2v) is 16.1. The van der Waals surface area contributed by atoms with Crippen LogP contribution in [0, 0.1) is 6.92 Å². The topological polar surface area (TPSA) is 149 Å². The first-order valence-corrected chi connectivity index (χ1v) is 19.3. The molecule has 1 unspecified atom stereocenters. The Kier molecular flexibility index (Phi) is 15.1. The average Bonchev–Trinajstić information content (AvgIpc) is 3.15. The third-order valence-corrected chi connectivity index (χ3v) is 9.04. The van der Waals surface area contributed by atoms with Crippen LogP contribution in [-0.2, 0) is 40.6 Å². The molecule has 2 amide bonds. The maximum atomic E-state index is 14.0. The normalized spacial score (nSPS) is 13.5. The molecule has 56 heavy (non-hydrogen) atoms. The van der Waals surface area contributed by atoms with Crippen molar-refractivity contribution < 1.29 is 28.7 Å². The van der Waals surface area contributed by atoms with Gasteiger partial charge in [-0.1, -0.05) is 121 Å². The molecule has 0 saturated heterocycles. The van der Waals surface area contributed by atoms with Crippen LogP contribution >= 0.6 is 0 Å². The summed E-state index contributed by atoms with van der Waals surface area (Å²) < 4.78 is 11.1. The molecule has 10 nitrogen and oxygen atoms in total. The number of nitrogens with one attached hydrogen (secondary N) is 3. The van der Waals surface area contributed by atoms with Gasteiger partial charge in [-0.25, -0.2) is 9.59 Å². The maximum absolute atomic E-state index is 14.0. The summed E-state index contributed by atoms with van der Waals surface area (Å²) >= 11 is 0. The predicted octanol–water partition coefficient (Wildman–Crippen LogP) is 6.27. The van der Waals surface area contributed by atoms with Crippen LogP contribution in [0.25, 0.3) is 0 Å². The largest absolute Gasteiger partial charge is 0.458 e. The minimum Gasteiger partial charge on any atom is -0.458 e. The number of ether oxygens (including phenoxy) is 2. The van der Waals surface area contributed by atoms with Crippen molar-refractivity contribution in [2.45, 2.75) is 109 Å². The zero-order chi connectivity index (χ0) is 40.9. The Labute approximate surface area is 331 Å². The van der Waals surface area contributed by atoms with Gasteiger partial charge < -0.3 is 25.8 Å². The van der Waals surface area contributed by atoms with Crippen molar-refractivity contribution in [2.24, 2.45) is 5.73 Å². The van der Waals surface area contributed by atoms with Gasteiger partial charge in [-0.05, 0) is 96.5 Å². The highest BCUT2D eigenvalue weighted by Crippen LogP contribution is 2.37. The van der Waals surface area contributed by atoms with E-state index in [2.05, 4.69) is 71.4 Å². The molecular formula is C46H58N4O6. The summed E-state index contributed by atoms with van der Waals surface area (Å²) in [6.07, 6.45) is 1.59. The number of carbonyl (C=O) groups excluding carboxylic acids is 4. The number of esters is 2. The van der Waals surface area contributed by atoms with E-state index in [1.807, 2.05) is 66.7 Å². The van der Waals surface area contributed by atoms with Crippen LogP contribution in [0.2, 0.25) is 0 Å². The second kappa shape index (κ2) is 19.5. The molecule has 0 aliphatic carbocycles. The standard InChI is InChI=1S/C46H58N4O6/c1-32-20-19-27-36(30-32)46(34-23-13-9-14-24-34,35-25-15-10-16-26-35)48-29-18-17-28-37(42(53)55-44(2,3)4)49-40(51)38(31-33-21-11-8-12-22-33)50-41(52)39(47)43(54)56-45(5,6)7/h8-16,19-27,30,37-39,48H,17-18,28-29,31,47H2,1-7H3,(H,49,51)(H,50,52)/t37-,38-,39?/m0/s1. The minimum atomic E-state index is -1.66. The van der Waals surface area contributed by atoms with E-state index in [1.54, 1.807) is 41.5 Å². The maximum Gasteiger partial charge on any atom is 0.333 e. The first-order valence-electron chi connectivity index (χ1n) is 19.3. The van der Waals surface area contributed by atoms with E-state index < -0.39 is 58.6 Å². The fourth-order valence-corrected chi connectivity index (χ4v) is 6.50. The van der Waals surface area contributed by atoms with E-state index in [0.29, 0.717) is 19.4 Å². The number of benzene rings is 4. The Morgan fingerprint density at radius 1 is 0.607 bits per heavy atom. The predicted molar refractivity (Wildman–Crippen MR) is 219 cm³/mol. The number of aryl methyl sites for hydroxylation is 1. The Morgan fingerprint density at radius 3 is 1.64 bits per heavy atom. The Morgan fingerprint density at radius 2 is 1.11 bits per heavy atom. The molecule has 0 heterocycles. The van der Waals surface area contributed by atoms with Crippen molar-refractivity contribution in [1.82, 2.24) is 16.0 Å². The van der Waals surface area contributed by atoms with Crippen molar-refractivity contribution in [3.8, 4) is 0 Å². The van der Waals surface area contributed by atoms with Crippen LogP contribution in [-0.4, -0.2) is 59.6 Å². The molecular weight excluding hydrogens is 705 g/mol. The van der Waals surface area contributed by atoms with E-state index in [0.717, 1.165) is 27.8 Å². The van der Waals surface area contributed by atoms with E-state index in [4.69, 9.17) is 15.2 Å². The van der Waals surface area contributed by atoms with Gasteiger partial charge in [-0.15, -0.1) is 0 Å². The van der Waals surface area contributed by atoms with Gasteiger partial charge >= 0.3 is 11.9 Å². The quantitative estimate of drug-likeness (QED) is 0.0426. The molecule has 5 N–H and O–H groups in total. The highest BCUT2D eigenvalue weighted by Gasteiger charge is 2.37. The molecule has 0 aliphatic heterocycles. The highest BCUT2D eigenvalue weighted by atomic mass is 16.6. The van der Waals surface area contributed by atoms with E-state index in [1.165, 1.54) is 0 Å². The average molecular weight is 763 g/mol. The zero-order valence-electron chi connectivity index (χ0n) is 33.8. The summed E-state index contributed by atoms with van der Waals surface area (Å²) in [4.78, 5) is 53.5. The van der Waals surface area contributed by atoms with Crippen LogP contribution in [0.4, 0.5) is 0 Å². The lowest BCUT2D eigenvalue weighted by atomic mass is 9.76. The lowest BCUT2D eigenvalue weighted by Crippen LogP contribution is -2.57. The fourth-order valence-electron chi connectivity index (χ4n) is 6.50. The van der Waals surface area contributed by atoms with Gasteiger partial charge in [0.15, 0.2) is 6.04 Å². The van der Waals surface area contributed by atoms with Crippen LogP contribution in [0.3, 0.4) is 0 Å². The Hall–Kier alpha value is -5.32. The summed E-state index contributed by atoms with van der Waals surface area (Å²) in [6, 6.07) is 34.5. The van der Waals surface area contributed by atoms with Gasteiger partial charge in [0.05, 0.1) is 5.54 Å². The monoisotopic (exact) mass is 762 g/mol. The van der Waals surface area contributed by atoms with Crippen molar-refractivity contribution in [2.75, 3.05) is 6.54 Å². The van der Waals surface area contributed by atoms with Gasteiger partial charge in [0, 0.05) is 6.42 Å². The van der Waals surface area contributed by atoms with Crippen LogP contribution < -0.4 is 21.7 Å². The molecule has 298 valence electrons. The summed E-state index contributed by atoms with van der Waals surface area (Å²) in [6.45, 7) is 13.0. The van der Waals surface area contributed by atoms with Gasteiger partial charge in [0.25, 0.3) is 0 Å². The van der Waals surface area contributed by atoms with Gasteiger partial charge in [0.2, 0.25) is 11.8 Å². The first-order chi connectivity index (χ1) is 26.5. The molecule has 0 aliphatic rings. The molecule has 0 saturated carbocycles. The van der Waals surface area contributed by atoms with Crippen LogP contribution in [0.15, 0.2) is 115 Å². The van der Waals surface area contributed by atoms with Crippen molar-refractivity contribution >= 4 is 23.8 Å². The van der Waals surface area contributed by atoms with E-state index >= 15 is 0 Å². The lowest BCUT2D eigenvalue weighted by molar-refractivity contribution is -0.159. The smallest absolute Gasteiger partial charge is 0.333 e. The molecule has 10 heteroatoms. The first kappa shape index (κ1) is 43.4. The van der Waals surface area contributed by atoms with Gasteiger partial charge in [-0.2, -0.15) is 0 Å². The molecule has 4 aromatic rings. The fraction of sp³-hybridized carbons (Fsp3) is 0.391. The van der Waals surface area contributed by atoms with Crippen molar-refractivity contribution in [3.05, 3.63) is 143 Å². The summed E-state index contributed by atoms with van der Waals surface area (Å²) in [5.74, 6) is -2.99. The summed E-state index contributed by atoms with van der Waals surface area (Å²) in [5, 5.41) is 9.38. The van der Waals surface area contributed by atoms with Crippen molar-refractivity contribution in [1.29, 1.82) is 0 Å². The van der Waals surface area contributed by atoms with E-state index in [-0.39, 0.29) is 12.8 Å². The molecule has 0 bridgehead atoms. The van der Waals surface area contributed by atoms with Crippen LogP contribution in [0.1, 0.15) is 88.6 Å². The number of hydrogen-bond acceptors (Lipinski definition) is 8.